The molecule has 0 saturated heterocycles. The standard InChI is InChI=1S/C19H28O2/c1-13(20)6-7-14-4-3-5-18-17(14)11-9-15-8-10-16(21)12-19(15,18)2/h4,15,17-18H,3,5-12H2,1-2H3/t15-,17+,18?,19+/m1/s1. The maximum absolute atomic E-state index is 12.0. The Labute approximate surface area is 128 Å². The number of allylic oxidation sites excluding steroid dienone is 2. The fourth-order valence-electron chi connectivity index (χ4n) is 5.45. The van der Waals surface area contributed by atoms with Crippen molar-refractivity contribution in [2.45, 2.75) is 71.6 Å². The van der Waals surface area contributed by atoms with Crippen LogP contribution in [0.2, 0.25) is 0 Å². The predicted molar refractivity (Wildman–Crippen MR) is 83.9 cm³/mol. The van der Waals surface area contributed by atoms with Crippen molar-refractivity contribution in [2.75, 3.05) is 0 Å². The highest BCUT2D eigenvalue weighted by atomic mass is 16.1. The zero-order valence-electron chi connectivity index (χ0n) is 13.5. The molecule has 1 unspecified atom stereocenters. The molecule has 2 heteroatoms. The molecule has 116 valence electrons. The van der Waals surface area contributed by atoms with Gasteiger partial charge in [0.1, 0.15) is 11.6 Å². The molecule has 0 aromatic carbocycles. The van der Waals surface area contributed by atoms with Crippen molar-refractivity contribution in [3.05, 3.63) is 11.6 Å². The summed E-state index contributed by atoms with van der Waals surface area (Å²) in [7, 11) is 0. The molecule has 0 amide bonds. The molecule has 3 aliphatic carbocycles. The van der Waals surface area contributed by atoms with Gasteiger partial charge in [0.05, 0.1) is 0 Å². The Morgan fingerprint density at radius 2 is 2.10 bits per heavy atom. The summed E-state index contributed by atoms with van der Waals surface area (Å²) < 4.78 is 0. The molecule has 2 nitrogen and oxygen atoms in total. The molecule has 4 atom stereocenters. The van der Waals surface area contributed by atoms with E-state index < -0.39 is 0 Å². The second-order valence-corrected chi connectivity index (χ2v) is 7.81. The van der Waals surface area contributed by atoms with Crippen LogP contribution in [0.3, 0.4) is 0 Å². The first-order chi connectivity index (χ1) is 10.0. The summed E-state index contributed by atoms with van der Waals surface area (Å²) in [4.78, 5) is 23.3. The lowest BCUT2D eigenvalue weighted by Crippen LogP contribution is -2.48. The second kappa shape index (κ2) is 5.70. The van der Waals surface area contributed by atoms with Gasteiger partial charge < -0.3 is 4.79 Å². The van der Waals surface area contributed by atoms with Crippen LogP contribution in [0.25, 0.3) is 0 Å². The highest BCUT2D eigenvalue weighted by molar-refractivity contribution is 5.80. The summed E-state index contributed by atoms with van der Waals surface area (Å²) in [5, 5.41) is 0. The second-order valence-electron chi connectivity index (χ2n) is 7.81. The quantitative estimate of drug-likeness (QED) is 0.718. The van der Waals surface area contributed by atoms with E-state index in [2.05, 4.69) is 13.0 Å². The van der Waals surface area contributed by atoms with Gasteiger partial charge in [0.15, 0.2) is 0 Å². The molecule has 2 fully saturated rings. The minimum absolute atomic E-state index is 0.230. The fraction of sp³-hybridized carbons (Fsp3) is 0.789. The minimum atomic E-state index is 0.230. The number of ketones is 2. The number of fused-ring (bicyclic) bond motifs is 3. The lowest BCUT2D eigenvalue weighted by molar-refractivity contribution is -0.131. The van der Waals surface area contributed by atoms with Crippen LogP contribution in [0.5, 0.6) is 0 Å². The maximum atomic E-state index is 12.0. The third-order valence-electron chi connectivity index (χ3n) is 6.57. The van der Waals surface area contributed by atoms with Crippen LogP contribution in [-0.4, -0.2) is 11.6 Å². The van der Waals surface area contributed by atoms with Crippen molar-refractivity contribution in [1.82, 2.24) is 0 Å². The van der Waals surface area contributed by atoms with Gasteiger partial charge in [-0.3, -0.25) is 4.79 Å². The van der Waals surface area contributed by atoms with Crippen LogP contribution in [0.1, 0.15) is 71.6 Å². The highest BCUT2D eigenvalue weighted by Crippen LogP contribution is 2.58. The van der Waals surface area contributed by atoms with E-state index in [1.807, 2.05) is 0 Å². The molecule has 0 bridgehead atoms. The number of Topliss-reactive ketones (excluding diaryl/α,β-unsaturated/α-hetero) is 2. The first-order valence-corrected chi connectivity index (χ1v) is 8.71. The lowest BCUT2D eigenvalue weighted by Gasteiger charge is -2.55. The average Bonchev–Trinajstić information content (AvgIpc) is 2.44. The normalized spacial score (nSPS) is 39.2. The van der Waals surface area contributed by atoms with Crippen molar-refractivity contribution < 1.29 is 9.59 Å². The van der Waals surface area contributed by atoms with Crippen molar-refractivity contribution in [3.63, 3.8) is 0 Å². The monoisotopic (exact) mass is 288 g/mol. The van der Waals surface area contributed by atoms with Gasteiger partial charge >= 0.3 is 0 Å². The van der Waals surface area contributed by atoms with E-state index in [1.165, 1.54) is 24.8 Å². The molecule has 0 aromatic heterocycles. The van der Waals surface area contributed by atoms with E-state index in [4.69, 9.17) is 0 Å². The Hall–Kier alpha value is -0.920. The predicted octanol–water partition coefficient (Wildman–Crippen LogP) is 4.48. The third kappa shape index (κ3) is 2.74. The zero-order chi connectivity index (χ0) is 15.0. The van der Waals surface area contributed by atoms with Crippen molar-refractivity contribution >= 4 is 11.6 Å². The molecule has 0 N–H and O–H groups in total. The lowest BCUT2D eigenvalue weighted by atomic mass is 9.49. The SMILES string of the molecule is CC(=O)CCC1=CCCC2[C@H]1CC[C@H]1CCC(=O)C[C@]21C. The number of hydrogen-bond donors (Lipinski definition) is 0. The molecule has 0 aromatic rings. The van der Waals surface area contributed by atoms with Crippen LogP contribution >= 0.6 is 0 Å². The van der Waals surface area contributed by atoms with E-state index in [0.29, 0.717) is 29.8 Å². The van der Waals surface area contributed by atoms with Gasteiger partial charge in [-0.15, -0.1) is 0 Å². The molecule has 0 radical (unpaired) electrons. The average molecular weight is 288 g/mol. The van der Waals surface area contributed by atoms with E-state index >= 15 is 0 Å². The molecule has 3 aliphatic rings. The van der Waals surface area contributed by atoms with Gasteiger partial charge in [-0.25, -0.2) is 0 Å². The Kier molecular flexibility index (Phi) is 4.07. The van der Waals surface area contributed by atoms with E-state index in [9.17, 15) is 9.59 Å². The number of rotatable bonds is 3. The number of carbonyl (C=O) groups excluding carboxylic acids is 2. The van der Waals surface area contributed by atoms with Gasteiger partial charge in [0.25, 0.3) is 0 Å². The minimum Gasteiger partial charge on any atom is -0.300 e. The number of carbonyl (C=O) groups is 2. The Morgan fingerprint density at radius 1 is 1.29 bits per heavy atom. The molecule has 3 rings (SSSR count). The van der Waals surface area contributed by atoms with Crippen molar-refractivity contribution in [2.24, 2.45) is 23.2 Å². The molecule has 2 saturated carbocycles. The summed E-state index contributed by atoms with van der Waals surface area (Å²) in [6.45, 7) is 4.08. The van der Waals surface area contributed by atoms with Crippen LogP contribution in [0.4, 0.5) is 0 Å². The summed E-state index contributed by atoms with van der Waals surface area (Å²) in [6, 6.07) is 0. The third-order valence-corrected chi connectivity index (χ3v) is 6.57. The summed E-state index contributed by atoms with van der Waals surface area (Å²) >= 11 is 0. The molecular formula is C19H28O2. The Morgan fingerprint density at radius 3 is 2.86 bits per heavy atom. The van der Waals surface area contributed by atoms with Crippen LogP contribution in [0.15, 0.2) is 11.6 Å². The van der Waals surface area contributed by atoms with Gasteiger partial charge in [-0.2, -0.15) is 0 Å². The van der Waals surface area contributed by atoms with Crippen LogP contribution < -0.4 is 0 Å². The molecule has 0 heterocycles. The van der Waals surface area contributed by atoms with E-state index in [1.54, 1.807) is 6.92 Å². The summed E-state index contributed by atoms with van der Waals surface area (Å²) in [5.41, 5.74) is 1.76. The maximum Gasteiger partial charge on any atom is 0.133 e. The Balaban J connectivity index is 1.80. The molecule has 21 heavy (non-hydrogen) atoms. The fourth-order valence-corrected chi connectivity index (χ4v) is 5.45. The van der Waals surface area contributed by atoms with Gasteiger partial charge in [-0.1, -0.05) is 18.6 Å². The molecule has 0 aliphatic heterocycles. The van der Waals surface area contributed by atoms with Crippen molar-refractivity contribution in [3.8, 4) is 0 Å². The molecular weight excluding hydrogens is 260 g/mol. The van der Waals surface area contributed by atoms with E-state index in [-0.39, 0.29) is 5.41 Å². The van der Waals surface area contributed by atoms with Gasteiger partial charge in [0.2, 0.25) is 0 Å². The van der Waals surface area contributed by atoms with E-state index in [0.717, 1.165) is 38.0 Å². The summed E-state index contributed by atoms with van der Waals surface area (Å²) in [5.74, 6) is 2.85. The highest BCUT2D eigenvalue weighted by Gasteiger charge is 2.51. The van der Waals surface area contributed by atoms with Gasteiger partial charge in [0, 0.05) is 19.3 Å². The first-order valence-electron chi connectivity index (χ1n) is 8.71. The zero-order valence-corrected chi connectivity index (χ0v) is 13.5. The molecule has 0 spiro atoms. The number of hydrogen-bond acceptors (Lipinski definition) is 2. The smallest absolute Gasteiger partial charge is 0.133 e. The summed E-state index contributed by atoms with van der Waals surface area (Å²) in [6.07, 6.45) is 11.7. The van der Waals surface area contributed by atoms with Crippen molar-refractivity contribution in [1.29, 1.82) is 0 Å². The Bertz CT molecular complexity index is 476. The van der Waals surface area contributed by atoms with Crippen LogP contribution in [0, 0.1) is 23.2 Å². The van der Waals surface area contributed by atoms with Gasteiger partial charge in [-0.05, 0) is 68.6 Å². The first kappa shape index (κ1) is 15.0. The topological polar surface area (TPSA) is 34.1 Å². The van der Waals surface area contributed by atoms with Crippen LogP contribution in [-0.2, 0) is 9.59 Å². The largest absolute Gasteiger partial charge is 0.300 e.